The fourth-order valence-electron chi connectivity index (χ4n) is 2.04. The third-order valence-electron chi connectivity index (χ3n) is 2.95. The molecule has 2 aromatic rings. The van der Waals surface area contributed by atoms with E-state index in [1.165, 1.54) is 0 Å². The second kappa shape index (κ2) is 6.80. The molecule has 0 spiro atoms. The van der Waals surface area contributed by atoms with Gasteiger partial charge in [0.2, 0.25) is 5.91 Å². The van der Waals surface area contributed by atoms with E-state index in [2.05, 4.69) is 16.4 Å². The average Bonchev–Trinajstić information content (AvgIpc) is 2.88. The predicted octanol–water partition coefficient (Wildman–Crippen LogP) is 2.72. The van der Waals surface area contributed by atoms with Crippen molar-refractivity contribution in [2.75, 3.05) is 6.61 Å². The minimum absolute atomic E-state index is 0.00410. The molecule has 1 heterocycles. The number of hydrogen-bond donors (Lipinski definition) is 2. The number of aromatic amines is 1. The fourth-order valence-corrected chi connectivity index (χ4v) is 2.04. The Morgan fingerprint density at radius 1 is 1.25 bits per heavy atom. The molecule has 0 bridgehead atoms. The Morgan fingerprint density at radius 2 is 2.00 bits per heavy atom. The van der Waals surface area contributed by atoms with E-state index in [9.17, 15) is 4.79 Å². The van der Waals surface area contributed by atoms with E-state index in [1.54, 1.807) is 0 Å². The quantitative estimate of drug-likeness (QED) is 0.849. The van der Waals surface area contributed by atoms with Crippen LogP contribution in [0.15, 0.2) is 36.7 Å². The molecule has 0 aliphatic heterocycles. The topological polar surface area (TPSA) is 54.1 Å². The van der Waals surface area contributed by atoms with Crippen molar-refractivity contribution in [2.45, 2.75) is 26.8 Å². The van der Waals surface area contributed by atoms with Crippen molar-refractivity contribution in [3.63, 3.8) is 0 Å². The number of carbonyl (C=O) groups is 1. The molecule has 0 aliphatic rings. The molecule has 0 aliphatic carbocycles. The van der Waals surface area contributed by atoms with Gasteiger partial charge in [-0.1, -0.05) is 6.07 Å². The van der Waals surface area contributed by atoms with Crippen molar-refractivity contribution in [2.24, 2.45) is 0 Å². The van der Waals surface area contributed by atoms with Gasteiger partial charge in [-0.3, -0.25) is 4.79 Å². The van der Waals surface area contributed by atoms with E-state index in [0.717, 1.165) is 22.4 Å². The summed E-state index contributed by atoms with van der Waals surface area (Å²) in [6.45, 7) is 5.00. The largest absolute Gasteiger partial charge is 0.493 e. The average molecular weight is 272 g/mol. The van der Waals surface area contributed by atoms with Crippen molar-refractivity contribution in [1.29, 1.82) is 0 Å². The van der Waals surface area contributed by atoms with Gasteiger partial charge in [0.15, 0.2) is 0 Å². The second-order valence-electron chi connectivity index (χ2n) is 4.92. The highest BCUT2D eigenvalue weighted by atomic mass is 16.5. The zero-order valence-electron chi connectivity index (χ0n) is 11.9. The molecule has 1 aromatic carbocycles. The molecular formula is C16H20N2O2. The molecule has 0 radical (unpaired) electrons. The van der Waals surface area contributed by atoms with Gasteiger partial charge in [0.05, 0.1) is 13.0 Å². The Bertz CT molecular complexity index is 542. The van der Waals surface area contributed by atoms with E-state index >= 15 is 0 Å². The van der Waals surface area contributed by atoms with E-state index in [1.807, 2.05) is 44.4 Å². The van der Waals surface area contributed by atoms with Crippen LogP contribution in [0.25, 0.3) is 0 Å². The molecular weight excluding hydrogens is 252 g/mol. The molecule has 0 atom stereocenters. The number of benzene rings is 1. The van der Waals surface area contributed by atoms with Crippen LogP contribution in [0.3, 0.4) is 0 Å². The summed E-state index contributed by atoms with van der Waals surface area (Å²) in [5.74, 6) is 0.816. The lowest BCUT2D eigenvalue weighted by atomic mass is 10.1. The number of hydrogen-bond acceptors (Lipinski definition) is 2. The number of amides is 1. The Labute approximate surface area is 119 Å². The molecule has 106 valence electrons. The van der Waals surface area contributed by atoms with Gasteiger partial charge in [-0.15, -0.1) is 0 Å². The van der Waals surface area contributed by atoms with Gasteiger partial charge < -0.3 is 15.0 Å². The lowest BCUT2D eigenvalue weighted by Crippen LogP contribution is -2.24. The zero-order valence-corrected chi connectivity index (χ0v) is 11.9. The standard InChI is InChI=1S/C16H20N2O2/c1-12-7-13(2)9-15(8-12)20-6-4-16(19)18-11-14-3-5-17-10-14/h3,5,7-10,17H,4,6,11H2,1-2H3,(H,18,19). The normalized spacial score (nSPS) is 10.3. The SMILES string of the molecule is Cc1cc(C)cc(OCCC(=O)NCc2cc[nH]c2)c1. The van der Waals surface area contributed by atoms with Gasteiger partial charge in [-0.05, 0) is 48.7 Å². The van der Waals surface area contributed by atoms with Crippen LogP contribution < -0.4 is 10.1 Å². The van der Waals surface area contributed by atoms with Crippen molar-refractivity contribution < 1.29 is 9.53 Å². The van der Waals surface area contributed by atoms with Crippen LogP contribution in [0, 0.1) is 13.8 Å². The van der Waals surface area contributed by atoms with E-state index < -0.39 is 0 Å². The molecule has 20 heavy (non-hydrogen) atoms. The van der Waals surface area contributed by atoms with Crippen molar-refractivity contribution in [3.05, 3.63) is 53.3 Å². The van der Waals surface area contributed by atoms with Gasteiger partial charge in [0.25, 0.3) is 0 Å². The molecule has 1 aromatic heterocycles. The zero-order chi connectivity index (χ0) is 14.4. The third kappa shape index (κ3) is 4.46. The summed E-state index contributed by atoms with van der Waals surface area (Å²) >= 11 is 0. The highest BCUT2D eigenvalue weighted by Crippen LogP contribution is 2.16. The van der Waals surface area contributed by atoms with Gasteiger partial charge in [-0.25, -0.2) is 0 Å². The Kier molecular flexibility index (Phi) is 4.82. The third-order valence-corrected chi connectivity index (χ3v) is 2.95. The van der Waals surface area contributed by atoms with Crippen LogP contribution in [0.2, 0.25) is 0 Å². The van der Waals surface area contributed by atoms with E-state index in [0.29, 0.717) is 19.6 Å². The lowest BCUT2D eigenvalue weighted by Gasteiger charge is -2.08. The maximum Gasteiger partial charge on any atom is 0.223 e. The van der Waals surface area contributed by atoms with Crippen LogP contribution in [0.4, 0.5) is 0 Å². The van der Waals surface area contributed by atoms with E-state index in [-0.39, 0.29) is 5.91 Å². The van der Waals surface area contributed by atoms with Crippen LogP contribution in [-0.4, -0.2) is 17.5 Å². The highest BCUT2D eigenvalue weighted by molar-refractivity contribution is 5.75. The van der Waals surface area contributed by atoms with Crippen molar-refractivity contribution in [1.82, 2.24) is 10.3 Å². The number of aryl methyl sites for hydroxylation is 2. The van der Waals surface area contributed by atoms with Crippen LogP contribution in [0.1, 0.15) is 23.1 Å². The van der Waals surface area contributed by atoms with Crippen LogP contribution in [-0.2, 0) is 11.3 Å². The first-order valence-electron chi connectivity index (χ1n) is 6.73. The van der Waals surface area contributed by atoms with Crippen molar-refractivity contribution >= 4 is 5.91 Å². The summed E-state index contributed by atoms with van der Waals surface area (Å²) in [6.07, 6.45) is 4.06. The molecule has 4 heteroatoms. The molecule has 0 fully saturated rings. The number of H-pyrrole nitrogens is 1. The molecule has 0 saturated heterocycles. The molecule has 4 nitrogen and oxygen atoms in total. The summed E-state index contributed by atoms with van der Waals surface area (Å²) < 4.78 is 5.61. The first-order valence-corrected chi connectivity index (χ1v) is 6.73. The smallest absolute Gasteiger partial charge is 0.223 e. The minimum atomic E-state index is -0.00410. The molecule has 2 N–H and O–H groups in total. The summed E-state index contributed by atoms with van der Waals surface area (Å²) in [6, 6.07) is 7.98. The summed E-state index contributed by atoms with van der Waals surface area (Å²) in [4.78, 5) is 14.6. The number of ether oxygens (including phenoxy) is 1. The number of aromatic nitrogens is 1. The lowest BCUT2D eigenvalue weighted by molar-refractivity contribution is -0.121. The fraction of sp³-hybridized carbons (Fsp3) is 0.312. The van der Waals surface area contributed by atoms with E-state index in [4.69, 9.17) is 4.74 Å². The summed E-state index contributed by atoms with van der Waals surface area (Å²) in [7, 11) is 0. The molecule has 1 amide bonds. The Balaban J connectivity index is 1.71. The highest BCUT2D eigenvalue weighted by Gasteiger charge is 2.03. The Hall–Kier alpha value is -2.23. The monoisotopic (exact) mass is 272 g/mol. The van der Waals surface area contributed by atoms with Gasteiger partial charge in [-0.2, -0.15) is 0 Å². The number of rotatable bonds is 6. The van der Waals surface area contributed by atoms with Gasteiger partial charge in [0.1, 0.15) is 5.75 Å². The minimum Gasteiger partial charge on any atom is -0.493 e. The van der Waals surface area contributed by atoms with Gasteiger partial charge >= 0.3 is 0 Å². The molecule has 2 rings (SSSR count). The first kappa shape index (κ1) is 14.2. The van der Waals surface area contributed by atoms with Gasteiger partial charge in [0, 0.05) is 18.9 Å². The van der Waals surface area contributed by atoms with Crippen LogP contribution >= 0.6 is 0 Å². The number of nitrogens with one attached hydrogen (secondary N) is 2. The maximum atomic E-state index is 11.7. The maximum absolute atomic E-state index is 11.7. The molecule has 0 saturated carbocycles. The number of carbonyl (C=O) groups excluding carboxylic acids is 1. The summed E-state index contributed by atoms with van der Waals surface area (Å²) in [5, 5.41) is 2.86. The van der Waals surface area contributed by atoms with Crippen LogP contribution in [0.5, 0.6) is 5.75 Å². The second-order valence-corrected chi connectivity index (χ2v) is 4.92. The molecule has 0 unspecified atom stereocenters. The predicted molar refractivity (Wildman–Crippen MR) is 78.7 cm³/mol. The Morgan fingerprint density at radius 3 is 2.65 bits per heavy atom. The first-order chi connectivity index (χ1) is 9.63. The van der Waals surface area contributed by atoms with Crippen molar-refractivity contribution in [3.8, 4) is 5.75 Å². The summed E-state index contributed by atoms with van der Waals surface area (Å²) in [5.41, 5.74) is 3.39.